The molecule has 0 saturated carbocycles. The van der Waals surface area contributed by atoms with Gasteiger partial charge in [0.15, 0.2) is 0 Å². The summed E-state index contributed by atoms with van der Waals surface area (Å²) in [6.07, 6.45) is 3.04. The minimum Gasteiger partial charge on any atom is -0.352 e. The first-order valence-electron chi connectivity index (χ1n) is 5.12. The molecule has 3 nitrogen and oxygen atoms in total. The predicted molar refractivity (Wildman–Crippen MR) is 59.0 cm³/mol. The van der Waals surface area contributed by atoms with Crippen molar-refractivity contribution in [2.24, 2.45) is 7.05 Å². The van der Waals surface area contributed by atoms with Crippen molar-refractivity contribution in [1.82, 2.24) is 9.88 Å². The van der Waals surface area contributed by atoms with Gasteiger partial charge in [-0.1, -0.05) is 6.07 Å². The van der Waals surface area contributed by atoms with E-state index in [0.29, 0.717) is 0 Å². The van der Waals surface area contributed by atoms with Gasteiger partial charge in [0.25, 0.3) is 5.91 Å². The molecular weight excluding hydrogens is 188 g/mol. The van der Waals surface area contributed by atoms with Crippen LogP contribution in [0.2, 0.25) is 0 Å². The van der Waals surface area contributed by atoms with Gasteiger partial charge >= 0.3 is 0 Å². The summed E-state index contributed by atoms with van der Waals surface area (Å²) in [7, 11) is 2.02. The molecule has 0 spiro atoms. The van der Waals surface area contributed by atoms with Crippen LogP contribution in [0.5, 0.6) is 0 Å². The lowest BCUT2D eigenvalue weighted by molar-refractivity contribution is 0.0957. The van der Waals surface area contributed by atoms with E-state index in [1.807, 2.05) is 19.2 Å². The Morgan fingerprint density at radius 1 is 1.40 bits per heavy atom. The van der Waals surface area contributed by atoms with Gasteiger partial charge < -0.3 is 9.88 Å². The normalized spacial score (nSPS) is 15.1. The summed E-state index contributed by atoms with van der Waals surface area (Å²) in [6.45, 7) is 0.729. The number of carbonyl (C=O) groups excluding carboxylic acids is 1. The third-order valence-corrected chi connectivity index (χ3v) is 3.02. The molecule has 76 valence electrons. The molecule has 2 aromatic rings. The van der Waals surface area contributed by atoms with Crippen molar-refractivity contribution in [1.29, 1.82) is 0 Å². The van der Waals surface area contributed by atoms with E-state index < -0.39 is 0 Å². The van der Waals surface area contributed by atoms with Crippen molar-refractivity contribution in [3.05, 3.63) is 35.5 Å². The molecule has 3 heteroatoms. The van der Waals surface area contributed by atoms with Crippen molar-refractivity contribution >= 4 is 16.8 Å². The number of nitrogens with zero attached hydrogens (tertiary/aromatic N) is 1. The lowest BCUT2D eigenvalue weighted by Crippen LogP contribution is -2.23. The third-order valence-electron chi connectivity index (χ3n) is 3.02. The Kier molecular flexibility index (Phi) is 1.63. The van der Waals surface area contributed by atoms with Crippen LogP contribution in [0, 0.1) is 0 Å². The monoisotopic (exact) mass is 200 g/mol. The van der Waals surface area contributed by atoms with Crippen LogP contribution >= 0.6 is 0 Å². The summed E-state index contributed by atoms with van der Waals surface area (Å²) in [6, 6.07) is 5.89. The molecule has 1 amide bonds. The van der Waals surface area contributed by atoms with E-state index in [2.05, 4.69) is 22.1 Å². The molecule has 0 fully saturated rings. The molecule has 1 aromatic carbocycles. The quantitative estimate of drug-likeness (QED) is 0.686. The maximum absolute atomic E-state index is 11.8. The third kappa shape index (κ3) is 1.09. The fraction of sp³-hybridized carbons (Fsp3) is 0.250. The van der Waals surface area contributed by atoms with E-state index in [0.717, 1.165) is 29.4 Å². The highest BCUT2D eigenvalue weighted by Crippen LogP contribution is 2.26. The summed E-state index contributed by atoms with van der Waals surface area (Å²) < 4.78 is 2.09. The van der Waals surface area contributed by atoms with Gasteiger partial charge in [-0.3, -0.25) is 4.79 Å². The first-order valence-corrected chi connectivity index (χ1v) is 5.12. The van der Waals surface area contributed by atoms with E-state index in [-0.39, 0.29) is 5.91 Å². The lowest BCUT2D eigenvalue weighted by atomic mass is 10.1. The molecule has 1 aromatic heterocycles. The van der Waals surface area contributed by atoms with Crippen molar-refractivity contribution in [2.45, 2.75) is 6.42 Å². The molecule has 0 bridgehead atoms. The Labute approximate surface area is 87.7 Å². The minimum absolute atomic E-state index is 0.0468. The molecule has 1 aliphatic rings. The molecule has 2 heterocycles. The topological polar surface area (TPSA) is 34.0 Å². The average molecular weight is 200 g/mol. The molecule has 0 saturated heterocycles. The first-order chi connectivity index (χ1) is 7.27. The van der Waals surface area contributed by atoms with Gasteiger partial charge in [0.05, 0.1) is 0 Å². The number of nitrogens with one attached hydrogen (secondary N) is 1. The van der Waals surface area contributed by atoms with Crippen molar-refractivity contribution < 1.29 is 4.79 Å². The zero-order chi connectivity index (χ0) is 10.4. The lowest BCUT2D eigenvalue weighted by Gasteiger charge is -2.02. The molecule has 1 N–H and O–H groups in total. The summed E-state index contributed by atoms with van der Waals surface area (Å²) in [5.41, 5.74) is 3.21. The Balaban J connectivity index is 2.46. The highest BCUT2D eigenvalue weighted by Gasteiger charge is 2.18. The molecule has 15 heavy (non-hydrogen) atoms. The number of benzene rings is 1. The standard InChI is InChI=1S/C12H12N2O/c1-14-7-8-5-6-13-12(15)9-3-2-4-10(14)11(8)9/h2-4,7H,5-6H2,1H3,(H,13,15). The molecule has 1 aliphatic heterocycles. The van der Waals surface area contributed by atoms with E-state index in [1.165, 1.54) is 5.56 Å². The summed E-state index contributed by atoms with van der Waals surface area (Å²) >= 11 is 0. The van der Waals surface area contributed by atoms with Crippen LogP contribution in [0.3, 0.4) is 0 Å². The number of amides is 1. The zero-order valence-electron chi connectivity index (χ0n) is 8.58. The van der Waals surface area contributed by atoms with Crippen LogP contribution in [0.4, 0.5) is 0 Å². The van der Waals surface area contributed by atoms with Gasteiger partial charge in [-0.15, -0.1) is 0 Å². The van der Waals surface area contributed by atoms with E-state index >= 15 is 0 Å². The average Bonchev–Trinajstić information content (AvgIpc) is 2.46. The fourth-order valence-electron chi connectivity index (χ4n) is 2.32. The maximum Gasteiger partial charge on any atom is 0.251 e. The van der Waals surface area contributed by atoms with Gasteiger partial charge in [0.2, 0.25) is 0 Å². The molecule has 0 atom stereocenters. The van der Waals surface area contributed by atoms with Gasteiger partial charge in [-0.25, -0.2) is 0 Å². The van der Waals surface area contributed by atoms with Crippen molar-refractivity contribution in [2.75, 3.05) is 6.54 Å². The largest absolute Gasteiger partial charge is 0.352 e. The summed E-state index contributed by atoms with van der Waals surface area (Å²) in [5, 5.41) is 4.03. The first kappa shape index (κ1) is 8.53. The van der Waals surface area contributed by atoms with Crippen LogP contribution < -0.4 is 5.32 Å². The molecular formula is C12H12N2O. The summed E-state index contributed by atoms with van der Waals surface area (Å²) in [5.74, 6) is 0.0468. The second kappa shape index (κ2) is 2.86. The maximum atomic E-state index is 11.8. The number of rotatable bonds is 0. The molecule has 3 rings (SSSR count). The van der Waals surface area contributed by atoms with Gasteiger partial charge in [0, 0.05) is 36.3 Å². The SMILES string of the molecule is Cn1cc2c3c(cccc31)C(=O)NCC2. The van der Waals surface area contributed by atoms with E-state index in [1.54, 1.807) is 0 Å². The Morgan fingerprint density at radius 2 is 2.27 bits per heavy atom. The Hall–Kier alpha value is -1.77. The van der Waals surface area contributed by atoms with Gasteiger partial charge in [-0.2, -0.15) is 0 Å². The fourth-order valence-corrected chi connectivity index (χ4v) is 2.32. The Bertz CT molecular complexity index is 554. The van der Waals surface area contributed by atoms with E-state index in [4.69, 9.17) is 0 Å². The highest BCUT2D eigenvalue weighted by atomic mass is 16.1. The second-order valence-corrected chi connectivity index (χ2v) is 3.97. The second-order valence-electron chi connectivity index (χ2n) is 3.97. The minimum atomic E-state index is 0.0468. The number of hydrogen-bond donors (Lipinski definition) is 1. The van der Waals surface area contributed by atoms with Crippen LogP contribution in [-0.4, -0.2) is 17.0 Å². The van der Waals surface area contributed by atoms with E-state index in [9.17, 15) is 4.79 Å². The molecule has 0 aliphatic carbocycles. The molecule has 0 radical (unpaired) electrons. The van der Waals surface area contributed by atoms with Gasteiger partial charge in [0.1, 0.15) is 0 Å². The van der Waals surface area contributed by atoms with Crippen LogP contribution in [0.1, 0.15) is 15.9 Å². The van der Waals surface area contributed by atoms with Crippen molar-refractivity contribution in [3.63, 3.8) is 0 Å². The smallest absolute Gasteiger partial charge is 0.251 e. The van der Waals surface area contributed by atoms with Crippen molar-refractivity contribution in [3.8, 4) is 0 Å². The van der Waals surface area contributed by atoms with Crippen LogP contribution in [0.25, 0.3) is 10.9 Å². The number of carbonyl (C=O) groups is 1. The number of aromatic nitrogens is 1. The Morgan fingerprint density at radius 3 is 3.13 bits per heavy atom. The molecule has 0 unspecified atom stereocenters. The van der Waals surface area contributed by atoms with Gasteiger partial charge in [-0.05, 0) is 24.1 Å². The number of hydrogen-bond acceptors (Lipinski definition) is 1. The highest BCUT2D eigenvalue weighted by molar-refractivity contribution is 6.08. The van der Waals surface area contributed by atoms with Crippen LogP contribution in [-0.2, 0) is 13.5 Å². The predicted octanol–water partition coefficient (Wildman–Crippen LogP) is 1.46. The summed E-state index contributed by atoms with van der Waals surface area (Å²) in [4.78, 5) is 11.8. The zero-order valence-corrected chi connectivity index (χ0v) is 8.58. The number of aryl methyl sites for hydroxylation is 1. The van der Waals surface area contributed by atoms with Crippen LogP contribution in [0.15, 0.2) is 24.4 Å².